The largest absolute Gasteiger partial charge is 0.452 e. The Kier molecular flexibility index (Phi) is 7.25. The monoisotopic (exact) mass is 388 g/mol. The third-order valence-corrected chi connectivity index (χ3v) is 4.11. The number of nitrogens with zero attached hydrogens (tertiary/aromatic N) is 2. The Morgan fingerprint density at radius 1 is 1.18 bits per heavy atom. The van der Waals surface area contributed by atoms with Crippen molar-refractivity contribution in [3.05, 3.63) is 35.9 Å². The molecule has 1 aliphatic rings. The van der Waals surface area contributed by atoms with Crippen molar-refractivity contribution in [3.63, 3.8) is 0 Å². The average molecular weight is 388 g/mol. The number of ether oxygens (including phenoxy) is 1. The number of nitrogens with one attached hydrogen (secondary N) is 1. The number of hydrogen-bond donors (Lipinski definition) is 2. The van der Waals surface area contributed by atoms with Crippen LogP contribution in [0.25, 0.3) is 0 Å². The van der Waals surface area contributed by atoms with Crippen LogP contribution in [0.2, 0.25) is 0 Å². The fraction of sp³-hybridized carbons (Fsp3) is 0.421. The highest BCUT2D eigenvalue weighted by Gasteiger charge is 2.28. The predicted molar refractivity (Wildman–Crippen MR) is 101 cm³/mol. The maximum absolute atomic E-state index is 12.3. The Hall–Kier alpha value is -3.23. The van der Waals surface area contributed by atoms with Crippen LogP contribution < -0.4 is 11.1 Å². The lowest BCUT2D eigenvalue weighted by molar-refractivity contribution is -0.159. The van der Waals surface area contributed by atoms with Crippen LogP contribution in [0, 0.1) is 5.92 Å². The van der Waals surface area contributed by atoms with E-state index in [-0.39, 0.29) is 24.7 Å². The van der Waals surface area contributed by atoms with Crippen LogP contribution >= 0.6 is 0 Å². The van der Waals surface area contributed by atoms with Crippen LogP contribution in [0.3, 0.4) is 0 Å². The van der Waals surface area contributed by atoms with E-state index in [2.05, 4.69) is 5.10 Å². The average Bonchev–Trinajstić information content (AvgIpc) is 3.14. The number of rotatable bonds is 7. The fourth-order valence-electron chi connectivity index (χ4n) is 2.69. The molecule has 1 aromatic carbocycles. The molecule has 0 saturated carbocycles. The summed E-state index contributed by atoms with van der Waals surface area (Å²) >= 11 is 0. The van der Waals surface area contributed by atoms with Gasteiger partial charge in [-0.1, -0.05) is 44.2 Å². The Bertz CT molecular complexity index is 776. The molecule has 0 unspecified atom stereocenters. The Morgan fingerprint density at radius 2 is 1.86 bits per heavy atom. The first-order chi connectivity index (χ1) is 13.3. The van der Waals surface area contributed by atoms with E-state index >= 15 is 0 Å². The SMILES string of the molecule is CC(C)[C@@H](OC(=O)CCC(=O)N1CCC(c2ccccc2)=N1)C(=O)NC(N)=O. The Labute approximate surface area is 162 Å². The number of primary amides is 1. The molecule has 0 fully saturated rings. The van der Waals surface area contributed by atoms with Crippen molar-refractivity contribution in [3.8, 4) is 0 Å². The van der Waals surface area contributed by atoms with E-state index in [0.717, 1.165) is 11.3 Å². The minimum absolute atomic E-state index is 0.0906. The summed E-state index contributed by atoms with van der Waals surface area (Å²) in [6.45, 7) is 3.77. The molecule has 150 valence electrons. The summed E-state index contributed by atoms with van der Waals surface area (Å²) in [7, 11) is 0. The van der Waals surface area contributed by atoms with Crippen molar-refractivity contribution in [1.29, 1.82) is 0 Å². The number of nitrogens with two attached hydrogens (primary N) is 1. The quantitative estimate of drug-likeness (QED) is 0.677. The van der Waals surface area contributed by atoms with E-state index in [4.69, 9.17) is 10.5 Å². The second kappa shape index (κ2) is 9.63. The first-order valence-corrected chi connectivity index (χ1v) is 9.01. The zero-order valence-electron chi connectivity index (χ0n) is 15.9. The highest BCUT2D eigenvalue weighted by molar-refractivity contribution is 6.02. The van der Waals surface area contributed by atoms with Gasteiger partial charge in [-0.25, -0.2) is 9.80 Å². The number of hydrogen-bond acceptors (Lipinski definition) is 6. The lowest BCUT2D eigenvalue weighted by Gasteiger charge is -2.20. The first-order valence-electron chi connectivity index (χ1n) is 9.01. The van der Waals surface area contributed by atoms with E-state index in [1.165, 1.54) is 5.01 Å². The van der Waals surface area contributed by atoms with Gasteiger partial charge in [0, 0.05) is 12.8 Å². The molecular weight excluding hydrogens is 364 g/mol. The van der Waals surface area contributed by atoms with Crippen LogP contribution in [0.15, 0.2) is 35.4 Å². The van der Waals surface area contributed by atoms with Crippen molar-refractivity contribution in [1.82, 2.24) is 10.3 Å². The number of amides is 4. The lowest BCUT2D eigenvalue weighted by atomic mass is 10.1. The molecular formula is C19H24N4O5. The van der Waals surface area contributed by atoms with E-state index in [1.807, 2.05) is 35.6 Å². The van der Waals surface area contributed by atoms with E-state index in [9.17, 15) is 19.2 Å². The number of hydrazone groups is 1. The summed E-state index contributed by atoms with van der Waals surface area (Å²) < 4.78 is 5.11. The second-order valence-electron chi connectivity index (χ2n) is 6.69. The molecule has 4 amide bonds. The van der Waals surface area contributed by atoms with Gasteiger partial charge < -0.3 is 10.5 Å². The highest BCUT2D eigenvalue weighted by Crippen LogP contribution is 2.15. The van der Waals surface area contributed by atoms with Gasteiger partial charge in [-0.2, -0.15) is 5.10 Å². The zero-order chi connectivity index (χ0) is 20.7. The molecule has 0 radical (unpaired) electrons. The predicted octanol–water partition coefficient (Wildman–Crippen LogP) is 1.17. The second-order valence-corrected chi connectivity index (χ2v) is 6.69. The van der Waals surface area contributed by atoms with Gasteiger partial charge in [-0.15, -0.1) is 0 Å². The Balaban J connectivity index is 1.86. The van der Waals surface area contributed by atoms with Crippen LogP contribution in [0.4, 0.5) is 4.79 Å². The van der Waals surface area contributed by atoms with E-state index in [1.54, 1.807) is 13.8 Å². The van der Waals surface area contributed by atoms with Crippen LogP contribution in [0.5, 0.6) is 0 Å². The summed E-state index contributed by atoms with van der Waals surface area (Å²) in [6, 6.07) is 8.53. The van der Waals surface area contributed by atoms with Gasteiger partial charge in [-0.3, -0.25) is 19.7 Å². The van der Waals surface area contributed by atoms with Gasteiger partial charge in [0.25, 0.3) is 5.91 Å². The molecule has 9 heteroatoms. The van der Waals surface area contributed by atoms with Crippen LogP contribution in [-0.2, 0) is 19.1 Å². The number of carbonyl (C=O) groups excluding carboxylic acids is 4. The van der Waals surface area contributed by atoms with Gasteiger partial charge in [0.2, 0.25) is 5.91 Å². The minimum Gasteiger partial charge on any atom is -0.452 e. The number of imide groups is 1. The maximum Gasteiger partial charge on any atom is 0.318 e. The summed E-state index contributed by atoms with van der Waals surface area (Å²) in [5.74, 6) is -2.17. The van der Waals surface area contributed by atoms with Crippen molar-refractivity contribution in [2.75, 3.05) is 6.54 Å². The van der Waals surface area contributed by atoms with Crippen molar-refractivity contribution >= 4 is 29.5 Å². The van der Waals surface area contributed by atoms with Gasteiger partial charge in [0.1, 0.15) is 0 Å². The van der Waals surface area contributed by atoms with E-state index < -0.39 is 24.0 Å². The molecule has 0 aromatic heterocycles. The molecule has 1 aromatic rings. The van der Waals surface area contributed by atoms with Crippen LogP contribution in [0.1, 0.15) is 38.7 Å². The molecule has 9 nitrogen and oxygen atoms in total. The molecule has 0 aliphatic carbocycles. The summed E-state index contributed by atoms with van der Waals surface area (Å²) in [4.78, 5) is 47.0. The first kappa shape index (κ1) is 21.1. The van der Waals surface area contributed by atoms with Gasteiger partial charge >= 0.3 is 12.0 Å². The molecule has 0 bridgehead atoms. The van der Waals surface area contributed by atoms with Crippen LogP contribution in [-0.4, -0.2) is 47.2 Å². The normalized spacial score (nSPS) is 14.4. The van der Waals surface area contributed by atoms with Crippen molar-refractivity contribution < 1.29 is 23.9 Å². The minimum atomic E-state index is -1.16. The summed E-state index contributed by atoms with van der Waals surface area (Å²) in [5.41, 5.74) is 6.68. The van der Waals surface area contributed by atoms with Gasteiger partial charge in [0.15, 0.2) is 6.10 Å². The fourth-order valence-corrected chi connectivity index (χ4v) is 2.69. The highest BCUT2D eigenvalue weighted by atomic mass is 16.5. The number of benzene rings is 1. The molecule has 1 atom stereocenters. The molecule has 0 saturated heterocycles. The third kappa shape index (κ3) is 5.90. The molecule has 1 heterocycles. The summed E-state index contributed by atoms with van der Waals surface area (Å²) in [6.07, 6.45) is -0.807. The van der Waals surface area contributed by atoms with Crippen molar-refractivity contribution in [2.45, 2.75) is 39.2 Å². The third-order valence-electron chi connectivity index (χ3n) is 4.11. The molecule has 28 heavy (non-hydrogen) atoms. The molecule has 2 rings (SSSR count). The Morgan fingerprint density at radius 3 is 2.46 bits per heavy atom. The molecule has 3 N–H and O–H groups in total. The number of esters is 1. The zero-order valence-corrected chi connectivity index (χ0v) is 15.9. The number of urea groups is 1. The van der Waals surface area contributed by atoms with E-state index in [0.29, 0.717) is 13.0 Å². The van der Waals surface area contributed by atoms with Crippen molar-refractivity contribution in [2.24, 2.45) is 16.8 Å². The topological polar surface area (TPSA) is 131 Å². The molecule has 0 spiro atoms. The van der Waals surface area contributed by atoms with Gasteiger partial charge in [0.05, 0.1) is 18.7 Å². The standard InChI is InChI=1S/C19H24N4O5/c1-12(2)17(18(26)21-19(20)27)28-16(25)9-8-15(24)23-11-10-14(22-23)13-6-4-3-5-7-13/h3-7,12,17H,8-11H2,1-2H3,(H3,20,21,26,27)/t17-/m1/s1. The summed E-state index contributed by atoms with van der Waals surface area (Å²) in [5, 5.41) is 7.55. The smallest absolute Gasteiger partial charge is 0.318 e. The maximum atomic E-state index is 12.3. The molecule has 1 aliphatic heterocycles. The van der Waals surface area contributed by atoms with Gasteiger partial charge in [-0.05, 0) is 11.5 Å². The lowest BCUT2D eigenvalue weighted by Crippen LogP contribution is -2.45. The number of carbonyl (C=O) groups is 4.